The SMILES string of the molecule is COc1ccc2nc(SCC3(CS)CC3)[nH]c2c1. The van der Waals surface area contributed by atoms with Gasteiger partial charge >= 0.3 is 0 Å². The zero-order valence-corrected chi connectivity index (χ0v) is 12.0. The summed E-state index contributed by atoms with van der Waals surface area (Å²) in [7, 11) is 1.68. The van der Waals surface area contributed by atoms with Crippen molar-refractivity contribution in [2.24, 2.45) is 5.41 Å². The third-order valence-electron chi connectivity index (χ3n) is 3.47. The number of thiol groups is 1. The summed E-state index contributed by atoms with van der Waals surface area (Å²) in [5.74, 6) is 2.94. The number of imidazole rings is 1. The van der Waals surface area contributed by atoms with Gasteiger partial charge in [-0.15, -0.1) is 0 Å². The number of ether oxygens (including phenoxy) is 1. The van der Waals surface area contributed by atoms with Gasteiger partial charge in [0.1, 0.15) is 5.75 Å². The number of methoxy groups -OCH3 is 1. The third-order valence-corrected chi connectivity index (χ3v) is 5.37. The maximum atomic E-state index is 5.21. The van der Waals surface area contributed by atoms with Crippen LogP contribution in [0.2, 0.25) is 0 Å². The number of hydrogen-bond acceptors (Lipinski definition) is 4. The van der Waals surface area contributed by atoms with E-state index in [-0.39, 0.29) is 0 Å². The van der Waals surface area contributed by atoms with E-state index in [0.717, 1.165) is 33.4 Å². The average molecular weight is 280 g/mol. The Bertz CT molecular complexity index is 563. The summed E-state index contributed by atoms with van der Waals surface area (Å²) in [5, 5.41) is 0.992. The summed E-state index contributed by atoms with van der Waals surface area (Å²) in [5.41, 5.74) is 2.49. The average Bonchev–Trinajstić information content (AvgIpc) is 3.08. The maximum Gasteiger partial charge on any atom is 0.166 e. The fourth-order valence-corrected chi connectivity index (χ4v) is 3.66. The number of aromatic nitrogens is 2. The summed E-state index contributed by atoms with van der Waals surface area (Å²) in [6.45, 7) is 0. The molecule has 3 rings (SSSR count). The Morgan fingerprint density at radius 2 is 2.33 bits per heavy atom. The van der Waals surface area contributed by atoms with E-state index in [9.17, 15) is 0 Å². The van der Waals surface area contributed by atoms with Gasteiger partial charge in [0.15, 0.2) is 5.16 Å². The first-order chi connectivity index (χ1) is 8.74. The van der Waals surface area contributed by atoms with E-state index in [1.807, 2.05) is 18.2 Å². The quantitative estimate of drug-likeness (QED) is 0.651. The zero-order valence-electron chi connectivity index (χ0n) is 10.3. The second kappa shape index (κ2) is 4.70. The number of nitrogens with zero attached hydrogens (tertiary/aromatic N) is 1. The standard InChI is InChI=1S/C13H16N2OS2/c1-16-9-2-3-10-11(6-9)15-12(14-10)18-8-13(7-17)4-5-13/h2-3,6,17H,4-5,7-8H2,1H3,(H,14,15). The lowest BCUT2D eigenvalue weighted by Gasteiger charge is -2.08. The number of thioether (sulfide) groups is 1. The van der Waals surface area contributed by atoms with Crippen LogP contribution in [0.25, 0.3) is 11.0 Å². The molecule has 1 aromatic carbocycles. The van der Waals surface area contributed by atoms with Gasteiger partial charge in [-0.2, -0.15) is 12.6 Å². The summed E-state index contributed by atoms with van der Waals surface area (Å²) in [6, 6.07) is 5.91. The van der Waals surface area contributed by atoms with E-state index in [1.165, 1.54) is 12.8 Å². The minimum atomic E-state index is 0.463. The number of nitrogens with one attached hydrogen (secondary N) is 1. The van der Waals surface area contributed by atoms with Crippen LogP contribution in [0, 0.1) is 5.41 Å². The molecule has 2 aromatic rings. The Labute approximate surface area is 116 Å². The van der Waals surface area contributed by atoms with Crippen molar-refractivity contribution in [3.05, 3.63) is 18.2 Å². The van der Waals surface area contributed by atoms with Crippen LogP contribution in [0.4, 0.5) is 0 Å². The molecule has 3 nitrogen and oxygen atoms in total. The maximum absolute atomic E-state index is 5.21. The molecule has 0 spiro atoms. The van der Waals surface area contributed by atoms with Gasteiger partial charge in [0.2, 0.25) is 0 Å². The van der Waals surface area contributed by atoms with Gasteiger partial charge in [-0.3, -0.25) is 0 Å². The molecule has 1 heterocycles. The lowest BCUT2D eigenvalue weighted by Crippen LogP contribution is -2.05. The van der Waals surface area contributed by atoms with Crippen LogP contribution in [0.15, 0.2) is 23.4 Å². The highest BCUT2D eigenvalue weighted by molar-refractivity contribution is 7.99. The van der Waals surface area contributed by atoms with Gasteiger partial charge in [-0.05, 0) is 36.1 Å². The minimum Gasteiger partial charge on any atom is -0.497 e. The first kappa shape index (κ1) is 12.2. The van der Waals surface area contributed by atoms with Crippen molar-refractivity contribution in [1.82, 2.24) is 9.97 Å². The van der Waals surface area contributed by atoms with Crippen LogP contribution in [-0.4, -0.2) is 28.6 Å². The van der Waals surface area contributed by atoms with Crippen molar-refractivity contribution in [2.75, 3.05) is 18.6 Å². The Balaban J connectivity index is 1.76. The molecular weight excluding hydrogens is 264 g/mol. The molecule has 0 bridgehead atoms. The molecule has 5 heteroatoms. The largest absolute Gasteiger partial charge is 0.497 e. The summed E-state index contributed by atoms with van der Waals surface area (Å²) in [6.07, 6.45) is 2.61. The summed E-state index contributed by atoms with van der Waals surface area (Å²) in [4.78, 5) is 7.92. The Morgan fingerprint density at radius 3 is 3.00 bits per heavy atom. The first-order valence-electron chi connectivity index (χ1n) is 6.02. The van der Waals surface area contributed by atoms with E-state index in [2.05, 4.69) is 22.6 Å². The molecule has 96 valence electrons. The lowest BCUT2D eigenvalue weighted by molar-refractivity contribution is 0.415. The first-order valence-corrected chi connectivity index (χ1v) is 7.64. The molecule has 1 aliphatic carbocycles. The lowest BCUT2D eigenvalue weighted by atomic mass is 10.2. The van der Waals surface area contributed by atoms with Crippen molar-refractivity contribution in [1.29, 1.82) is 0 Å². The molecule has 0 amide bonds. The number of aromatic amines is 1. The molecule has 0 radical (unpaired) electrons. The Hall–Kier alpha value is -0.810. The monoisotopic (exact) mass is 280 g/mol. The third kappa shape index (κ3) is 2.34. The molecule has 0 aliphatic heterocycles. The minimum absolute atomic E-state index is 0.463. The van der Waals surface area contributed by atoms with E-state index in [0.29, 0.717) is 5.41 Å². The Kier molecular flexibility index (Phi) is 3.20. The van der Waals surface area contributed by atoms with E-state index in [4.69, 9.17) is 4.74 Å². The van der Waals surface area contributed by atoms with Crippen LogP contribution in [-0.2, 0) is 0 Å². The highest BCUT2D eigenvalue weighted by Crippen LogP contribution is 2.49. The molecule has 1 saturated carbocycles. The highest BCUT2D eigenvalue weighted by atomic mass is 32.2. The normalized spacial score (nSPS) is 17.0. The van der Waals surface area contributed by atoms with E-state index < -0.39 is 0 Å². The van der Waals surface area contributed by atoms with Gasteiger partial charge in [-0.25, -0.2) is 4.98 Å². The number of benzene rings is 1. The fourth-order valence-electron chi connectivity index (χ4n) is 1.91. The van der Waals surface area contributed by atoms with Crippen LogP contribution >= 0.6 is 24.4 Å². The smallest absolute Gasteiger partial charge is 0.166 e. The van der Waals surface area contributed by atoms with Crippen molar-refractivity contribution >= 4 is 35.4 Å². The number of H-pyrrole nitrogens is 1. The molecule has 1 N–H and O–H groups in total. The topological polar surface area (TPSA) is 37.9 Å². The molecule has 1 aromatic heterocycles. The predicted octanol–water partition coefficient (Wildman–Crippen LogP) is 3.37. The number of fused-ring (bicyclic) bond motifs is 1. The Morgan fingerprint density at radius 1 is 1.50 bits per heavy atom. The van der Waals surface area contributed by atoms with Crippen LogP contribution in [0.3, 0.4) is 0 Å². The summed E-state index contributed by atoms with van der Waals surface area (Å²) < 4.78 is 5.21. The van der Waals surface area contributed by atoms with Gasteiger partial charge in [0, 0.05) is 11.8 Å². The predicted molar refractivity (Wildman–Crippen MR) is 78.9 cm³/mol. The molecule has 1 fully saturated rings. The second-order valence-corrected chi connectivity index (χ2v) is 6.15. The van der Waals surface area contributed by atoms with Crippen molar-refractivity contribution in [2.45, 2.75) is 18.0 Å². The van der Waals surface area contributed by atoms with Gasteiger partial charge in [0.05, 0.1) is 18.1 Å². The second-order valence-electron chi connectivity index (χ2n) is 4.87. The van der Waals surface area contributed by atoms with E-state index in [1.54, 1.807) is 18.9 Å². The van der Waals surface area contributed by atoms with Crippen LogP contribution in [0.1, 0.15) is 12.8 Å². The number of rotatable bonds is 5. The molecular formula is C13H16N2OS2. The van der Waals surface area contributed by atoms with Crippen molar-refractivity contribution in [3.8, 4) is 5.75 Å². The number of hydrogen-bond donors (Lipinski definition) is 2. The van der Waals surface area contributed by atoms with Crippen LogP contribution in [0.5, 0.6) is 5.75 Å². The van der Waals surface area contributed by atoms with Crippen LogP contribution < -0.4 is 4.74 Å². The highest BCUT2D eigenvalue weighted by Gasteiger charge is 2.41. The molecule has 0 unspecified atom stereocenters. The zero-order chi connectivity index (χ0) is 12.6. The molecule has 0 saturated heterocycles. The summed E-state index contributed by atoms with van der Waals surface area (Å²) >= 11 is 6.22. The molecule has 1 aliphatic rings. The molecule has 18 heavy (non-hydrogen) atoms. The van der Waals surface area contributed by atoms with Gasteiger partial charge in [-0.1, -0.05) is 11.8 Å². The molecule has 0 atom stereocenters. The fraction of sp³-hybridized carbons (Fsp3) is 0.462. The van der Waals surface area contributed by atoms with Gasteiger partial charge < -0.3 is 9.72 Å². The van der Waals surface area contributed by atoms with Gasteiger partial charge in [0.25, 0.3) is 0 Å². The van der Waals surface area contributed by atoms with Crippen molar-refractivity contribution < 1.29 is 4.74 Å². The van der Waals surface area contributed by atoms with E-state index >= 15 is 0 Å². The van der Waals surface area contributed by atoms with Crippen molar-refractivity contribution in [3.63, 3.8) is 0 Å².